The third-order valence-electron chi connectivity index (χ3n) is 2.06. The number of ether oxygens (including phenoxy) is 2. The van der Waals surface area contributed by atoms with Gasteiger partial charge in [-0.25, -0.2) is 0 Å². The second-order valence-electron chi connectivity index (χ2n) is 3.18. The van der Waals surface area contributed by atoms with Crippen LogP contribution in [0.5, 0.6) is 16.7 Å². The molecule has 0 fully saturated rings. The number of hydrogen-bond donors (Lipinski definition) is 1. The normalized spacial score (nSPS) is 10.3. The summed E-state index contributed by atoms with van der Waals surface area (Å²) in [5, 5.41) is 11.6. The molecule has 0 bridgehead atoms. The molecule has 0 radical (unpaired) electrons. The van der Waals surface area contributed by atoms with E-state index in [4.69, 9.17) is 26.2 Å². The molecule has 2 aromatic rings. The number of nitrogens with zero attached hydrogens (tertiary/aromatic N) is 1. The first-order valence-electron chi connectivity index (χ1n) is 4.79. The molecule has 4 nitrogen and oxygen atoms in total. The Labute approximate surface area is 107 Å². The summed E-state index contributed by atoms with van der Waals surface area (Å²) in [6.45, 7) is -0.0419. The number of aliphatic hydroxyl groups excluding tert-OH is 1. The lowest BCUT2D eigenvalue weighted by atomic mass is 10.2. The SMILES string of the molecule is COc1cc(CO)ccc1Oc1nc(Cl)cs1. The fourth-order valence-corrected chi connectivity index (χ4v) is 2.07. The number of rotatable bonds is 4. The Hall–Kier alpha value is -1.30. The minimum absolute atomic E-state index is 0.0419. The molecule has 0 aliphatic rings. The second kappa shape index (κ2) is 5.35. The van der Waals surface area contributed by atoms with E-state index in [1.807, 2.05) is 0 Å². The van der Waals surface area contributed by atoms with Crippen molar-refractivity contribution in [2.75, 3.05) is 7.11 Å². The monoisotopic (exact) mass is 271 g/mol. The Kier molecular flexibility index (Phi) is 3.83. The first-order valence-corrected chi connectivity index (χ1v) is 6.05. The number of aliphatic hydroxyl groups is 1. The highest BCUT2D eigenvalue weighted by molar-refractivity contribution is 7.11. The first-order chi connectivity index (χ1) is 8.22. The zero-order valence-corrected chi connectivity index (χ0v) is 10.6. The maximum absolute atomic E-state index is 9.02. The lowest BCUT2D eigenvalue weighted by Crippen LogP contribution is -1.92. The fraction of sp³-hybridized carbons (Fsp3) is 0.182. The molecule has 17 heavy (non-hydrogen) atoms. The molecule has 1 heterocycles. The van der Waals surface area contributed by atoms with Gasteiger partial charge in [0.25, 0.3) is 5.19 Å². The van der Waals surface area contributed by atoms with Crippen molar-refractivity contribution in [2.24, 2.45) is 0 Å². The average Bonchev–Trinajstić information content (AvgIpc) is 2.75. The lowest BCUT2D eigenvalue weighted by Gasteiger charge is -2.09. The van der Waals surface area contributed by atoms with Crippen LogP contribution in [0.2, 0.25) is 5.15 Å². The molecule has 0 unspecified atom stereocenters. The van der Waals surface area contributed by atoms with Crippen LogP contribution >= 0.6 is 22.9 Å². The highest BCUT2D eigenvalue weighted by atomic mass is 35.5. The maximum Gasteiger partial charge on any atom is 0.280 e. The minimum atomic E-state index is -0.0419. The van der Waals surface area contributed by atoms with Gasteiger partial charge in [0.05, 0.1) is 13.7 Å². The predicted molar refractivity (Wildman–Crippen MR) is 66.1 cm³/mol. The molecular formula is C11H10ClNO3S. The van der Waals surface area contributed by atoms with Crippen LogP contribution in [-0.2, 0) is 6.61 Å². The summed E-state index contributed by atoms with van der Waals surface area (Å²) in [6, 6.07) is 5.19. The summed E-state index contributed by atoms with van der Waals surface area (Å²) in [6.07, 6.45) is 0. The van der Waals surface area contributed by atoms with Crippen LogP contribution in [0.3, 0.4) is 0 Å². The van der Waals surface area contributed by atoms with Crippen molar-refractivity contribution in [2.45, 2.75) is 6.61 Å². The number of thiazole rings is 1. The number of methoxy groups -OCH3 is 1. The Balaban J connectivity index is 2.26. The molecule has 0 saturated heterocycles. The molecule has 2 rings (SSSR count). The van der Waals surface area contributed by atoms with E-state index in [1.165, 1.54) is 18.4 Å². The molecule has 0 aliphatic heterocycles. The molecule has 90 valence electrons. The van der Waals surface area contributed by atoms with Gasteiger partial charge in [0.15, 0.2) is 11.5 Å². The van der Waals surface area contributed by atoms with Gasteiger partial charge in [0, 0.05) is 5.38 Å². The Morgan fingerprint density at radius 1 is 1.41 bits per heavy atom. The van der Waals surface area contributed by atoms with Crippen molar-refractivity contribution in [3.8, 4) is 16.7 Å². The van der Waals surface area contributed by atoms with Gasteiger partial charge in [-0.2, -0.15) is 4.98 Å². The standard InChI is InChI=1S/C11H10ClNO3S/c1-15-9-4-7(5-14)2-3-8(9)16-11-13-10(12)6-17-11/h2-4,6,14H,5H2,1H3. The molecule has 0 atom stereocenters. The predicted octanol–water partition coefficient (Wildman–Crippen LogP) is 3.09. The number of hydrogen-bond acceptors (Lipinski definition) is 5. The summed E-state index contributed by atoms with van der Waals surface area (Å²) >= 11 is 7.01. The quantitative estimate of drug-likeness (QED) is 0.928. The minimum Gasteiger partial charge on any atom is -0.493 e. The molecule has 0 saturated carbocycles. The van der Waals surface area contributed by atoms with E-state index < -0.39 is 0 Å². The third kappa shape index (κ3) is 2.88. The van der Waals surface area contributed by atoms with E-state index >= 15 is 0 Å². The van der Waals surface area contributed by atoms with Crippen LogP contribution in [0.15, 0.2) is 23.6 Å². The van der Waals surface area contributed by atoms with Gasteiger partial charge in [-0.1, -0.05) is 29.0 Å². The van der Waals surface area contributed by atoms with Gasteiger partial charge in [-0.3, -0.25) is 0 Å². The Bertz CT molecular complexity index is 515. The summed E-state index contributed by atoms with van der Waals surface area (Å²) in [5.41, 5.74) is 0.756. The van der Waals surface area contributed by atoms with E-state index in [2.05, 4.69) is 4.98 Å². The molecule has 0 aliphatic carbocycles. The molecular weight excluding hydrogens is 262 g/mol. The molecule has 1 aromatic heterocycles. The molecule has 0 spiro atoms. The van der Waals surface area contributed by atoms with Crippen molar-refractivity contribution >= 4 is 22.9 Å². The van der Waals surface area contributed by atoms with Crippen LogP contribution in [0.1, 0.15) is 5.56 Å². The van der Waals surface area contributed by atoms with Gasteiger partial charge < -0.3 is 14.6 Å². The Morgan fingerprint density at radius 2 is 2.24 bits per heavy atom. The topological polar surface area (TPSA) is 51.6 Å². The number of halogens is 1. The van der Waals surface area contributed by atoms with Gasteiger partial charge in [-0.15, -0.1) is 0 Å². The maximum atomic E-state index is 9.02. The van der Waals surface area contributed by atoms with Crippen LogP contribution in [0.4, 0.5) is 0 Å². The molecule has 6 heteroatoms. The van der Waals surface area contributed by atoms with Gasteiger partial charge in [-0.05, 0) is 17.7 Å². The summed E-state index contributed by atoms with van der Waals surface area (Å²) in [4.78, 5) is 3.98. The van der Waals surface area contributed by atoms with Crippen molar-refractivity contribution in [3.63, 3.8) is 0 Å². The largest absolute Gasteiger partial charge is 0.493 e. The van der Waals surface area contributed by atoms with Crippen LogP contribution < -0.4 is 9.47 Å². The smallest absolute Gasteiger partial charge is 0.280 e. The number of benzene rings is 1. The van der Waals surface area contributed by atoms with Crippen molar-refractivity contribution in [1.29, 1.82) is 0 Å². The zero-order valence-electron chi connectivity index (χ0n) is 9.01. The highest BCUT2D eigenvalue weighted by Gasteiger charge is 2.09. The van der Waals surface area contributed by atoms with E-state index in [0.29, 0.717) is 21.8 Å². The first kappa shape index (κ1) is 12.2. The molecule has 1 aromatic carbocycles. The van der Waals surface area contributed by atoms with Gasteiger partial charge in [0.2, 0.25) is 0 Å². The van der Waals surface area contributed by atoms with Crippen molar-refractivity contribution in [1.82, 2.24) is 4.98 Å². The van der Waals surface area contributed by atoms with E-state index in [9.17, 15) is 0 Å². The van der Waals surface area contributed by atoms with Crippen LogP contribution in [0, 0.1) is 0 Å². The van der Waals surface area contributed by atoms with E-state index in [-0.39, 0.29) is 6.61 Å². The van der Waals surface area contributed by atoms with Gasteiger partial charge >= 0.3 is 0 Å². The summed E-state index contributed by atoms with van der Waals surface area (Å²) < 4.78 is 10.7. The van der Waals surface area contributed by atoms with E-state index in [0.717, 1.165) is 5.56 Å². The third-order valence-corrected chi connectivity index (χ3v) is 3.10. The van der Waals surface area contributed by atoms with Crippen LogP contribution in [0.25, 0.3) is 0 Å². The summed E-state index contributed by atoms with van der Waals surface area (Å²) in [5.74, 6) is 1.08. The highest BCUT2D eigenvalue weighted by Crippen LogP contribution is 2.34. The van der Waals surface area contributed by atoms with Crippen LogP contribution in [-0.4, -0.2) is 17.2 Å². The Morgan fingerprint density at radius 3 is 2.82 bits per heavy atom. The van der Waals surface area contributed by atoms with E-state index in [1.54, 1.807) is 23.6 Å². The zero-order chi connectivity index (χ0) is 12.3. The van der Waals surface area contributed by atoms with Gasteiger partial charge in [0.1, 0.15) is 5.15 Å². The lowest BCUT2D eigenvalue weighted by molar-refractivity contribution is 0.280. The molecule has 0 amide bonds. The summed E-state index contributed by atoms with van der Waals surface area (Å²) in [7, 11) is 1.54. The number of aromatic nitrogens is 1. The fourth-order valence-electron chi connectivity index (χ4n) is 1.27. The van der Waals surface area contributed by atoms with Crippen molar-refractivity contribution < 1.29 is 14.6 Å². The molecule has 1 N–H and O–H groups in total. The second-order valence-corrected chi connectivity index (χ2v) is 4.39. The van der Waals surface area contributed by atoms with Crippen molar-refractivity contribution in [3.05, 3.63) is 34.3 Å². The average molecular weight is 272 g/mol.